The van der Waals surface area contributed by atoms with E-state index >= 15 is 0 Å². The van der Waals surface area contributed by atoms with E-state index in [-0.39, 0.29) is 23.5 Å². The van der Waals surface area contributed by atoms with Gasteiger partial charge in [0, 0.05) is 34.3 Å². The second kappa shape index (κ2) is 13.3. The Labute approximate surface area is 267 Å². The van der Waals surface area contributed by atoms with Gasteiger partial charge in [-0.05, 0) is 103 Å². The van der Waals surface area contributed by atoms with Gasteiger partial charge in [-0.1, -0.05) is 41.0 Å². The topological polar surface area (TPSA) is 114 Å². The standard InChI is InChI=1S/C32H30ClF3N8O2/c1-20-14-25(16-26(33)15-20)28-17-29(23-10-12-43(13-11-23)18-21-4-8-27(9-5-21)46-32(34,35)36)44(40-28)19-22-2-6-24(7-3-22)30(45)37-31-38-41-42-39-31/h2-9,14-17,23H,10-13,18-19H2,1H3,(H2,37,38,39,41,42,45). The normalized spacial score (nSPS) is 14.4. The van der Waals surface area contributed by atoms with Crippen molar-refractivity contribution in [2.24, 2.45) is 0 Å². The van der Waals surface area contributed by atoms with Crippen molar-refractivity contribution in [1.82, 2.24) is 35.3 Å². The van der Waals surface area contributed by atoms with E-state index in [1.54, 1.807) is 24.3 Å². The summed E-state index contributed by atoms with van der Waals surface area (Å²) in [5.74, 6) is -0.224. The van der Waals surface area contributed by atoms with Gasteiger partial charge < -0.3 is 4.74 Å². The number of aromatic nitrogens is 6. The number of halogens is 4. The maximum absolute atomic E-state index is 12.6. The molecule has 6 rings (SSSR count). The predicted molar refractivity (Wildman–Crippen MR) is 165 cm³/mol. The molecule has 1 saturated heterocycles. The minimum absolute atomic E-state index is 0.0959. The smallest absolute Gasteiger partial charge is 0.406 e. The van der Waals surface area contributed by atoms with Crippen LogP contribution in [0.15, 0.2) is 72.8 Å². The molecule has 1 aliphatic rings. The minimum atomic E-state index is -4.71. The van der Waals surface area contributed by atoms with Gasteiger partial charge in [0.25, 0.3) is 11.9 Å². The van der Waals surface area contributed by atoms with Gasteiger partial charge in [-0.25, -0.2) is 0 Å². The highest BCUT2D eigenvalue weighted by atomic mass is 35.5. The Balaban J connectivity index is 1.16. The number of hydrogen-bond acceptors (Lipinski definition) is 7. The number of tetrazole rings is 1. The van der Waals surface area contributed by atoms with Crippen LogP contribution in [-0.2, 0) is 13.1 Å². The third-order valence-corrected chi connectivity index (χ3v) is 8.06. The first-order valence-electron chi connectivity index (χ1n) is 14.6. The average Bonchev–Trinajstić information content (AvgIpc) is 3.68. The van der Waals surface area contributed by atoms with Crippen LogP contribution in [-0.4, -0.2) is 60.7 Å². The molecule has 5 aromatic rings. The molecule has 0 bridgehead atoms. The van der Waals surface area contributed by atoms with Crippen molar-refractivity contribution in [1.29, 1.82) is 0 Å². The van der Waals surface area contributed by atoms with Crippen molar-refractivity contribution in [3.05, 3.63) is 106 Å². The number of piperidine rings is 1. The molecule has 238 valence electrons. The molecule has 1 aliphatic heterocycles. The molecular weight excluding hydrogens is 621 g/mol. The lowest BCUT2D eigenvalue weighted by atomic mass is 9.92. The number of likely N-dealkylation sites (tertiary alicyclic amines) is 1. The van der Waals surface area contributed by atoms with Crippen LogP contribution in [0.3, 0.4) is 0 Å². The Morgan fingerprint density at radius 3 is 2.35 bits per heavy atom. The highest BCUT2D eigenvalue weighted by Gasteiger charge is 2.31. The van der Waals surface area contributed by atoms with Gasteiger partial charge in [0.15, 0.2) is 0 Å². The van der Waals surface area contributed by atoms with Crippen LogP contribution < -0.4 is 10.1 Å². The van der Waals surface area contributed by atoms with Gasteiger partial charge in [-0.15, -0.1) is 18.3 Å². The SMILES string of the molecule is Cc1cc(Cl)cc(-c2cc(C3CCN(Cc4ccc(OC(F)(F)F)cc4)CC3)n(Cc3ccc(C(=O)Nc4nn[nH]n4)cc3)n2)c1. The van der Waals surface area contributed by atoms with Crippen LogP contribution in [0.4, 0.5) is 19.1 Å². The number of nitrogens with zero attached hydrogens (tertiary/aromatic N) is 6. The van der Waals surface area contributed by atoms with Crippen molar-refractivity contribution in [2.75, 3.05) is 18.4 Å². The molecule has 0 radical (unpaired) electrons. The fraction of sp³-hybridized carbons (Fsp3) is 0.281. The first kappa shape index (κ1) is 31.2. The molecule has 0 saturated carbocycles. The number of anilines is 1. The first-order valence-corrected chi connectivity index (χ1v) is 15.0. The Kier molecular flexibility index (Phi) is 9.04. The summed E-state index contributed by atoms with van der Waals surface area (Å²) in [5, 5.41) is 21.5. The van der Waals surface area contributed by atoms with E-state index in [1.165, 1.54) is 12.1 Å². The quantitative estimate of drug-likeness (QED) is 0.185. The molecule has 46 heavy (non-hydrogen) atoms. The molecule has 1 fully saturated rings. The van der Waals surface area contributed by atoms with Crippen molar-refractivity contribution < 1.29 is 22.7 Å². The lowest BCUT2D eigenvalue weighted by Gasteiger charge is -2.32. The molecule has 2 N–H and O–H groups in total. The average molecular weight is 651 g/mol. The molecule has 0 atom stereocenters. The number of aromatic amines is 1. The van der Waals surface area contributed by atoms with Crippen molar-refractivity contribution in [3.63, 3.8) is 0 Å². The highest BCUT2D eigenvalue weighted by Crippen LogP contribution is 2.33. The molecule has 10 nitrogen and oxygen atoms in total. The van der Waals surface area contributed by atoms with Crippen molar-refractivity contribution in [3.8, 4) is 17.0 Å². The monoisotopic (exact) mass is 650 g/mol. The summed E-state index contributed by atoms with van der Waals surface area (Å²) in [6, 6.07) is 21.3. The Morgan fingerprint density at radius 1 is 1.00 bits per heavy atom. The van der Waals surface area contributed by atoms with Crippen LogP contribution in [0.1, 0.15) is 51.5 Å². The van der Waals surface area contributed by atoms with Crippen LogP contribution >= 0.6 is 11.6 Å². The number of nitrogens with one attached hydrogen (secondary N) is 2. The second-order valence-corrected chi connectivity index (χ2v) is 11.7. The molecule has 2 aromatic heterocycles. The number of amides is 1. The molecular formula is C32H30ClF3N8O2. The van der Waals surface area contributed by atoms with Crippen LogP contribution in [0.25, 0.3) is 11.3 Å². The summed E-state index contributed by atoms with van der Waals surface area (Å²) in [7, 11) is 0. The zero-order valence-corrected chi connectivity index (χ0v) is 25.5. The van der Waals surface area contributed by atoms with E-state index in [4.69, 9.17) is 16.7 Å². The number of carbonyl (C=O) groups excluding carboxylic acids is 1. The summed E-state index contributed by atoms with van der Waals surface area (Å²) in [6.07, 6.45) is -2.92. The maximum atomic E-state index is 12.6. The number of alkyl halides is 3. The van der Waals surface area contributed by atoms with Crippen LogP contribution in [0.5, 0.6) is 5.75 Å². The van der Waals surface area contributed by atoms with Gasteiger partial charge in [-0.2, -0.15) is 10.3 Å². The molecule has 0 unspecified atom stereocenters. The van der Waals surface area contributed by atoms with Gasteiger partial charge in [0.2, 0.25) is 0 Å². The number of benzene rings is 3. The summed E-state index contributed by atoms with van der Waals surface area (Å²) >= 11 is 6.39. The van der Waals surface area contributed by atoms with E-state index in [0.29, 0.717) is 23.7 Å². The zero-order chi connectivity index (χ0) is 32.3. The third-order valence-electron chi connectivity index (χ3n) is 7.84. The number of ether oxygens (including phenoxy) is 1. The fourth-order valence-electron chi connectivity index (χ4n) is 5.68. The number of hydrogen-bond donors (Lipinski definition) is 2. The van der Waals surface area contributed by atoms with Gasteiger partial charge in [-0.3, -0.25) is 19.7 Å². The molecule has 0 spiro atoms. The van der Waals surface area contributed by atoms with E-state index in [0.717, 1.165) is 59.6 Å². The van der Waals surface area contributed by atoms with Gasteiger partial charge in [0.05, 0.1) is 12.2 Å². The summed E-state index contributed by atoms with van der Waals surface area (Å²) in [6.45, 7) is 4.79. The lowest BCUT2D eigenvalue weighted by Crippen LogP contribution is -2.33. The molecule has 1 amide bonds. The summed E-state index contributed by atoms with van der Waals surface area (Å²) < 4.78 is 43.6. The molecule has 14 heteroatoms. The van der Waals surface area contributed by atoms with E-state index in [9.17, 15) is 18.0 Å². The second-order valence-electron chi connectivity index (χ2n) is 11.3. The minimum Gasteiger partial charge on any atom is -0.406 e. The van der Waals surface area contributed by atoms with Crippen LogP contribution in [0, 0.1) is 6.92 Å². The summed E-state index contributed by atoms with van der Waals surface area (Å²) in [5.41, 5.74) is 6.28. The van der Waals surface area contributed by atoms with Crippen molar-refractivity contribution in [2.45, 2.75) is 45.1 Å². The van der Waals surface area contributed by atoms with Crippen LogP contribution in [0.2, 0.25) is 5.02 Å². The largest absolute Gasteiger partial charge is 0.573 e. The fourth-order valence-corrected chi connectivity index (χ4v) is 5.97. The first-order chi connectivity index (χ1) is 22.1. The number of carbonyl (C=O) groups is 1. The lowest BCUT2D eigenvalue weighted by molar-refractivity contribution is -0.274. The number of aryl methyl sites for hydroxylation is 1. The zero-order valence-electron chi connectivity index (χ0n) is 24.8. The highest BCUT2D eigenvalue weighted by molar-refractivity contribution is 6.30. The van der Waals surface area contributed by atoms with E-state index in [2.05, 4.69) is 47.7 Å². The molecule has 0 aliphatic carbocycles. The Hall–Kier alpha value is -4.75. The molecule has 3 aromatic carbocycles. The van der Waals surface area contributed by atoms with Gasteiger partial charge >= 0.3 is 6.36 Å². The summed E-state index contributed by atoms with van der Waals surface area (Å²) in [4.78, 5) is 14.9. The van der Waals surface area contributed by atoms with E-state index < -0.39 is 6.36 Å². The molecule has 3 heterocycles. The van der Waals surface area contributed by atoms with E-state index in [1.807, 2.05) is 35.9 Å². The third kappa shape index (κ3) is 7.90. The predicted octanol–water partition coefficient (Wildman–Crippen LogP) is 6.60. The Morgan fingerprint density at radius 2 is 1.70 bits per heavy atom. The maximum Gasteiger partial charge on any atom is 0.573 e. The number of H-pyrrole nitrogens is 1. The Bertz CT molecular complexity index is 1760. The van der Waals surface area contributed by atoms with Gasteiger partial charge in [0.1, 0.15) is 5.75 Å². The van der Waals surface area contributed by atoms with Crippen molar-refractivity contribution >= 4 is 23.5 Å². The number of rotatable bonds is 9.